The van der Waals surface area contributed by atoms with Gasteiger partial charge in [-0.05, 0) is 31.9 Å². The lowest BCUT2D eigenvalue weighted by Crippen LogP contribution is -2.24. The third kappa shape index (κ3) is 1.40. The number of ether oxygens (including phenoxy) is 1. The van der Waals surface area contributed by atoms with Gasteiger partial charge in [-0.25, -0.2) is 0 Å². The van der Waals surface area contributed by atoms with Gasteiger partial charge in [0.1, 0.15) is 11.4 Å². The molecule has 0 radical (unpaired) electrons. The summed E-state index contributed by atoms with van der Waals surface area (Å²) in [4.78, 5) is 0. The van der Waals surface area contributed by atoms with Crippen molar-refractivity contribution >= 4 is 0 Å². The molecule has 76 valence electrons. The largest absolute Gasteiger partial charge is 0.487 e. The van der Waals surface area contributed by atoms with Gasteiger partial charge in [0.05, 0.1) is 6.61 Å². The zero-order valence-corrected chi connectivity index (χ0v) is 8.92. The standard InChI is InChI=1S/C12H16O2/c1-8-4-5-9(7-13)10-6-12(2,3)14-11(8)10/h4-5,13H,6-7H2,1-3H3. The third-order valence-corrected chi connectivity index (χ3v) is 2.71. The van der Waals surface area contributed by atoms with E-state index >= 15 is 0 Å². The van der Waals surface area contributed by atoms with Crippen molar-refractivity contribution in [3.8, 4) is 5.75 Å². The summed E-state index contributed by atoms with van der Waals surface area (Å²) in [7, 11) is 0. The van der Waals surface area contributed by atoms with E-state index in [0.29, 0.717) is 0 Å². The van der Waals surface area contributed by atoms with Crippen molar-refractivity contribution in [3.63, 3.8) is 0 Å². The van der Waals surface area contributed by atoms with Gasteiger partial charge in [-0.2, -0.15) is 0 Å². The van der Waals surface area contributed by atoms with Crippen LogP contribution in [0, 0.1) is 6.92 Å². The van der Waals surface area contributed by atoms with Gasteiger partial charge >= 0.3 is 0 Å². The maximum Gasteiger partial charge on any atom is 0.126 e. The molecule has 0 aromatic heterocycles. The summed E-state index contributed by atoms with van der Waals surface area (Å²) in [5, 5.41) is 9.21. The summed E-state index contributed by atoms with van der Waals surface area (Å²) in [5.41, 5.74) is 3.20. The Morgan fingerprint density at radius 3 is 2.79 bits per heavy atom. The summed E-state index contributed by atoms with van der Waals surface area (Å²) in [5.74, 6) is 0.974. The van der Waals surface area contributed by atoms with Crippen molar-refractivity contribution in [3.05, 3.63) is 28.8 Å². The molecule has 2 nitrogen and oxygen atoms in total. The van der Waals surface area contributed by atoms with Gasteiger partial charge in [0.2, 0.25) is 0 Å². The Morgan fingerprint density at radius 2 is 2.14 bits per heavy atom. The smallest absolute Gasteiger partial charge is 0.126 e. The number of aliphatic hydroxyl groups excluding tert-OH is 1. The van der Waals surface area contributed by atoms with Crippen LogP contribution < -0.4 is 4.74 Å². The van der Waals surface area contributed by atoms with E-state index in [1.165, 1.54) is 5.56 Å². The van der Waals surface area contributed by atoms with Crippen LogP contribution in [0.5, 0.6) is 5.75 Å². The third-order valence-electron chi connectivity index (χ3n) is 2.71. The minimum absolute atomic E-state index is 0.0993. The molecule has 2 heteroatoms. The Kier molecular flexibility index (Phi) is 2.04. The number of fused-ring (bicyclic) bond motifs is 1. The molecule has 1 aromatic rings. The van der Waals surface area contributed by atoms with E-state index in [2.05, 4.69) is 13.8 Å². The molecule has 2 rings (SSSR count). The van der Waals surface area contributed by atoms with Crippen molar-refractivity contribution in [2.45, 2.75) is 39.4 Å². The summed E-state index contributed by atoms with van der Waals surface area (Å²) in [6, 6.07) is 3.99. The number of benzene rings is 1. The Balaban J connectivity index is 2.53. The number of hydrogen-bond donors (Lipinski definition) is 1. The van der Waals surface area contributed by atoms with Gasteiger partial charge < -0.3 is 9.84 Å². The van der Waals surface area contributed by atoms with Gasteiger partial charge in [0.15, 0.2) is 0 Å². The molecule has 14 heavy (non-hydrogen) atoms. The molecule has 0 aliphatic carbocycles. The fourth-order valence-corrected chi connectivity index (χ4v) is 2.01. The Morgan fingerprint density at radius 1 is 1.43 bits per heavy atom. The molecule has 0 saturated carbocycles. The highest BCUT2D eigenvalue weighted by molar-refractivity contribution is 5.49. The molecule has 0 amide bonds. The van der Waals surface area contributed by atoms with Crippen LogP contribution in [-0.4, -0.2) is 10.7 Å². The molecule has 1 aliphatic heterocycles. The maximum atomic E-state index is 9.21. The number of rotatable bonds is 1. The lowest BCUT2D eigenvalue weighted by Gasteiger charge is -2.17. The molecular weight excluding hydrogens is 176 g/mol. The first-order chi connectivity index (χ1) is 6.53. The van der Waals surface area contributed by atoms with Crippen molar-refractivity contribution in [2.24, 2.45) is 0 Å². The van der Waals surface area contributed by atoms with E-state index < -0.39 is 0 Å². The van der Waals surface area contributed by atoms with Crippen molar-refractivity contribution in [2.75, 3.05) is 0 Å². The molecule has 0 saturated heterocycles. The number of hydrogen-bond acceptors (Lipinski definition) is 2. The lowest BCUT2D eigenvalue weighted by atomic mass is 9.96. The minimum Gasteiger partial charge on any atom is -0.487 e. The topological polar surface area (TPSA) is 29.5 Å². The zero-order chi connectivity index (χ0) is 10.3. The van der Waals surface area contributed by atoms with E-state index in [1.807, 2.05) is 19.1 Å². The molecule has 1 aromatic carbocycles. The quantitative estimate of drug-likeness (QED) is 0.739. The normalized spacial score (nSPS) is 17.7. The predicted molar refractivity (Wildman–Crippen MR) is 55.5 cm³/mol. The summed E-state index contributed by atoms with van der Waals surface area (Å²) < 4.78 is 5.86. The van der Waals surface area contributed by atoms with Crippen molar-refractivity contribution in [1.29, 1.82) is 0 Å². The van der Waals surface area contributed by atoms with Gasteiger partial charge in [0.25, 0.3) is 0 Å². The first-order valence-corrected chi connectivity index (χ1v) is 4.95. The minimum atomic E-state index is -0.127. The first-order valence-electron chi connectivity index (χ1n) is 4.95. The average molecular weight is 192 g/mol. The van der Waals surface area contributed by atoms with Crippen LogP contribution in [-0.2, 0) is 13.0 Å². The Bertz CT molecular complexity index is 367. The number of aryl methyl sites for hydroxylation is 1. The monoisotopic (exact) mass is 192 g/mol. The fraction of sp³-hybridized carbons (Fsp3) is 0.500. The van der Waals surface area contributed by atoms with Crippen LogP contribution in [0.2, 0.25) is 0 Å². The Hall–Kier alpha value is -1.02. The van der Waals surface area contributed by atoms with Crippen LogP contribution in [0.25, 0.3) is 0 Å². The van der Waals surface area contributed by atoms with E-state index in [1.54, 1.807) is 0 Å². The molecular formula is C12H16O2. The van der Waals surface area contributed by atoms with E-state index in [0.717, 1.165) is 23.3 Å². The van der Waals surface area contributed by atoms with Crippen molar-refractivity contribution < 1.29 is 9.84 Å². The first kappa shape index (κ1) is 9.53. The second-order valence-corrected chi connectivity index (χ2v) is 4.55. The summed E-state index contributed by atoms with van der Waals surface area (Å²) >= 11 is 0. The molecule has 0 unspecified atom stereocenters. The second kappa shape index (κ2) is 2.99. The molecule has 0 fully saturated rings. The van der Waals surface area contributed by atoms with Crippen LogP contribution in [0.1, 0.15) is 30.5 Å². The zero-order valence-electron chi connectivity index (χ0n) is 8.92. The average Bonchev–Trinajstić information content (AvgIpc) is 2.42. The van der Waals surface area contributed by atoms with E-state index in [4.69, 9.17) is 4.74 Å². The van der Waals surface area contributed by atoms with Crippen LogP contribution in [0.4, 0.5) is 0 Å². The summed E-state index contributed by atoms with van der Waals surface area (Å²) in [6.07, 6.45) is 0.889. The molecule has 0 spiro atoms. The maximum absolute atomic E-state index is 9.21. The molecule has 0 bridgehead atoms. The van der Waals surface area contributed by atoms with Crippen molar-refractivity contribution in [1.82, 2.24) is 0 Å². The number of aliphatic hydroxyl groups is 1. The van der Waals surface area contributed by atoms with Crippen LogP contribution >= 0.6 is 0 Å². The second-order valence-electron chi connectivity index (χ2n) is 4.55. The SMILES string of the molecule is Cc1ccc(CO)c2c1OC(C)(C)C2. The van der Waals surface area contributed by atoms with Gasteiger partial charge in [-0.15, -0.1) is 0 Å². The highest BCUT2D eigenvalue weighted by Crippen LogP contribution is 2.39. The van der Waals surface area contributed by atoms with Gasteiger partial charge in [0, 0.05) is 12.0 Å². The molecule has 1 N–H and O–H groups in total. The van der Waals surface area contributed by atoms with E-state index in [9.17, 15) is 5.11 Å². The lowest BCUT2D eigenvalue weighted by molar-refractivity contribution is 0.137. The fourth-order valence-electron chi connectivity index (χ4n) is 2.01. The molecule has 0 atom stereocenters. The van der Waals surface area contributed by atoms with Gasteiger partial charge in [-0.1, -0.05) is 12.1 Å². The van der Waals surface area contributed by atoms with Crippen LogP contribution in [0.15, 0.2) is 12.1 Å². The van der Waals surface area contributed by atoms with E-state index in [-0.39, 0.29) is 12.2 Å². The van der Waals surface area contributed by atoms with Crippen LogP contribution in [0.3, 0.4) is 0 Å². The predicted octanol–water partition coefficient (Wildman–Crippen LogP) is 2.20. The van der Waals surface area contributed by atoms with Gasteiger partial charge in [-0.3, -0.25) is 0 Å². The molecule has 1 aliphatic rings. The Labute approximate surface area is 84.5 Å². The highest BCUT2D eigenvalue weighted by atomic mass is 16.5. The summed E-state index contributed by atoms with van der Waals surface area (Å²) in [6.45, 7) is 6.30. The molecule has 1 heterocycles. The highest BCUT2D eigenvalue weighted by Gasteiger charge is 2.32.